The number of urea groups is 1. The van der Waals surface area contributed by atoms with Crippen molar-refractivity contribution in [3.8, 4) is 5.69 Å². The lowest BCUT2D eigenvalue weighted by Gasteiger charge is -2.13. The molecule has 1 unspecified atom stereocenters. The molecule has 0 radical (unpaired) electrons. The first-order valence-electron chi connectivity index (χ1n) is 9.40. The van der Waals surface area contributed by atoms with E-state index in [0.717, 1.165) is 24.4 Å². The normalized spacial score (nSPS) is 14.4. The summed E-state index contributed by atoms with van der Waals surface area (Å²) in [6.07, 6.45) is 2.60. The monoisotopic (exact) mass is 427 g/mol. The second kappa shape index (κ2) is 8.79. The summed E-state index contributed by atoms with van der Waals surface area (Å²) in [6.45, 7) is 1.76. The Balaban J connectivity index is 1.52. The van der Waals surface area contributed by atoms with Gasteiger partial charge < -0.3 is 5.32 Å². The van der Waals surface area contributed by atoms with Crippen LogP contribution in [0.3, 0.4) is 0 Å². The first-order valence-corrected chi connectivity index (χ1v) is 11.2. The summed E-state index contributed by atoms with van der Waals surface area (Å²) in [7, 11) is 0. The highest BCUT2D eigenvalue weighted by atomic mass is 32.2. The Labute approximate surface area is 176 Å². The maximum Gasteiger partial charge on any atom is 0.321 e. The van der Waals surface area contributed by atoms with Crippen molar-refractivity contribution >= 4 is 35.0 Å². The molecule has 1 atom stereocenters. The molecule has 0 bridgehead atoms. The van der Waals surface area contributed by atoms with E-state index in [1.807, 2.05) is 46.3 Å². The number of aromatic nitrogens is 3. The fourth-order valence-corrected chi connectivity index (χ4v) is 4.36. The van der Waals surface area contributed by atoms with Crippen LogP contribution in [0.2, 0.25) is 0 Å². The summed E-state index contributed by atoms with van der Waals surface area (Å²) < 4.78 is 1.97. The molecule has 1 saturated carbocycles. The molecule has 9 heteroatoms. The van der Waals surface area contributed by atoms with Crippen LogP contribution in [0.1, 0.15) is 30.5 Å². The number of benzene rings is 1. The molecule has 1 fully saturated rings. The summed E-state index contributed by atoms with van der Waals surface area (Å²) >= 11 is 2.95. The van der Waals surface area contributed by atoms with Gasteiger partial charge in [0.2, 0.25) is 5.91 Å². The molecule has 0 aliphatic heterocycles. The Morgan fingerprint density at radius 1 is 1.21 bits per heavy atom. The molecule has 150 valence electrons. The van der Waals surface area contributed by atoms with Crippen LogP contribution in [0.25, 0.3) is 5.69 Å². The minimum Gasteiger partial charge on any atom is -0.335 e. The lowest BCUT2D eigenvalue weighted by Crippen LogP contribution is -2.43. The van der Waals surface area contributed by atoms with Gasteiger partial charge >= 0.3 is 6.03 Å². The summed E-state index contributed by atoms with van der Waals surface area (Å²) in [6, 6.07) is 13.7. The first-order chi connectivity index (χ1) is 14.1. The smallest absolute Gasteiger partial charge is 0.321 e. The lowest BCUT2D eigenvalue weighted by atomic mass is 10.3. The third kappa shape index (κ3) is 5.04. The highest BCUT2D eigenvalue weighted by Gasteiger charge is 2.26. The van der Waals surface area contributed by atoms with Gasteiger partial charge in [0.05, 0.1) is 5.25 Å². The number of hydrogen-bond donors (Lipinski definition) is 2. The molecule has 0 spiro atoms. The lowest BCUT2D eigenvalue weighted by molar-refractivity contribution is -0.119. The quantitative estimate of drug-likeness (QED) is 0.564. The number of imide groups is 1. The van der Waals surface area contributed by atoms with Gasteiger partial charge in [-0.25, -0.2) is 4.79 Å². The standard InChI is InChI=1S/C20H21N5O2S2/c1-13(18(26)22-19(27)21-14-9-10-14)29-20-24-23-17(12-16-8-5-11-28-16)25(20)15-6-3-2-4-7-15/h2-8,11,13-14H,9-10,12H2,1H3,(H2,21,22,26,27). The molecule has 29 heavy (non-hydrogen) atoms. The fourth-order valence-electron chi connectivity index (χ4n) is 2.77. The van der Waals surface area contributed by atoms with E-state index in [0.29, 0.717) is 11.6 Å². The number of hydrogen-bond acceptors (Lipinski definition) is 6. The summed E-state index contributed by atoms with van der Waals surface area (Å²) in [5, 5.41) is 16.0. The molecule has 3 aromatic rings. The Morgan fingerprint density at radius 3 is 2.69 bits per heavy atom. The van der Waals surface area contributed by atoms with Crippen molar-refractivity contribution in [1.82, 2.24) is 25.4 Å². The van der Waals surface area contributed by atoms with Gasteiger partial charge in [-0.2, -0.15) is 0 Å². The number of para-hydroxylation sites is 1. The van der Waals surface area contributed by atoms with Gasteiger partial charge in [0.25, 0.3) is 0 Å². The molecule has 7 nitrogen and oxygen atoms in total. The van der Waals surface area contributed by atoms with E-state index in [1.165, 1.54) is 16.6 Å². The van der Waals surface area contributed by atoms with Crippen molar-refractivity contribution < 1.29 is 9.59 Å². The average Bonchev–Trinajstić information content (AvgIpc) is 3.22. The molecule has 2 heterocycles. The molecule has 1 aromatic carbocycles. The summed E-state index contributed by atoms with van der Waals surface area (Å²) in [5.74, 6) is 0.454. The van der Waals surface area contributed by atoms with Crippen molar-refractivity contribution in [1.29, 1.82) is 0 Å². The van der Waals surface area contributed by atoms with Crippen molar-refractivity contribution in [2.75, 3.05) is 0 Å². The zero-order valence-corrected chi connectivity index (χ0v) is 17.5. The average molecular weight is 428 g/mol. The van der Waals surface area contributed by atoms with E-state index in [4.69, 9.17) is 0 Å². The third-order valence-corrected chi connectivity index (χ3v) is 6.35. The Bertz CT molecular complexity index is 984. The van der Waals surface area contributed by atoms with E-state index < -0.39 is 11.3 Å². The van der Waals surface area contributed by atoms with Crippen LogP contribution in [-0.4, -0.2) is 38.0 Å². The predicted octanol–water partition coefficient (Wildman–Crippen LogP) is 3.39. The van der Waals surface area contributed by atoms with Crippen molar-refractivity contribution in [3.05, 3.63) is 58.5 Å². The van der Waals surface area contributed by atoms with E-state index in [-0.39, 0.29) is 11.9 Å². The number of amides is 3. The van der Waals surface area contributed by atoms with Gasteiger partial charge in [-0.05, 0) is 43.3 Å². The number of thioether (sulfide) groups is 1. The molecule has 4 rings (SSSR count). The van der Waals surface area contributed by atoms with E-state index in [2.05, 4.69) is 26.9 Å². The third-order valence-electron chi connectivity index (χ3n) is 4.43. The maximum absolute atomic E-state index is 12.4. The molecule has 2 aromatic heterocycles. The maximum atomic E-state index is 12.4. The number of rotatable bonds is 7. The van der Waals surface area contributed by atoms with Crippen LogP contribution in [0.5, 0.6) is 0 Å². The minimum absolute atomic E-state index is 0.201. The van der Waals surface area contributed by atoms with E-state index in [1.54, 1.807) is 18.3 Å². The second-order valence-corrected chi connectivity index (χ2v) is 9.16. The van der Waals surface area contributed by atoms with Gasteiger partial charge in [-0.15, -0.1) is 21.5 Å². The number of nitrogens with one attached hydrogen (secondary N) is 2. The van der Waals surface area contributed by atoms with Gasteiger partial charge in [0, 0.05) is 23.0 Å². The molecule has 0 saturated heterocycles. The van der Waals surface area contributed by atoms with Crippen molar-refractivity contribution in [2.24, 2.45) is 0 Å². The minimum atomic E-state index is -0.499. The molecular weight excluding hydrogens is 406 g/mol. The van der Waals surface area contributed by atoms with Crippen LogP contribution in [0, 0.1) is 0 Å². The highest BCUT2D eigenvalue weighted by Crippen LogP contribution is 2.27. The Hall–Kier alpha value is -2.65. The number of carbonyl (C=O) groups is 2. The number of carbonyl (C=O) groups excluding carboxylic acids is 2. The highest BCUT2D eigenvalue weighted by molar-refractivity contribution is 8.00. The molecule has 1 aliphatic carbocycles. The number of thiophene rings is 1. The fraction of sp³-hybridized carbons (Fsp3) is 0.300. The Morgan fingerprint density at radius 2 is 2.00 bits per heavy atom. The summed E-state index contributed by atoms with van der Waals surface area (Å²) in [4.78, 5) is 25.5. The van der Waals surface area contributed by atoms with Crippen molar-refractivity contribution in [3.63, 3.8) is 0 Å². The van der Waals surface area contributed by atoms with Gasteiger partial charge in [-0.3, -0.25) is 14.7 Å². The SMILES string of the molecule is CC(Sc1nnc(Cc2cccs2)n1-c1ccccc1)C(=O)NC(=O)NC1CC1. The largest absolute Gasteiger partial charge is 0.335 e. The Kier molecular flexibility index (Phi) is 5.96. The van der Waals surface area contributed by atoms with Gasteiger partial charge in [-0.1, -0.05) is 36.0 Å². The van der Waals surface area contributed by atoms with E-state index in [9.17, 15) is 9.59 Å². The molecule has 1 aliphatic rings. The van der Waals surface area contributed by atoms with Crippen LogP contribution in [0.4, 0.5) is 4.79 Å². The number of nitrogens with zero attached hydrogens (tertiary/aromatic N) is 3. The van der Waals surface area contributed by atoms with Gasteiger partial charge in [0.1, 0.15) is 5.82 Å². The summed E-state index contributed by atoms with van der Waals surface area (Å²) in [5.41, 5.74) is 0.936. The molecule has 3 amide bonds. The van der Waals surface area contributed by atoms with Crippen LogP contribution >= 0.6 is 23.1 Å². The first kappa shape index (κ1) is 19.7. The molecular formula is C20H21N5O2S2. The second-order valence-electron chi connectivity index (χ2n) is 6.82. The van der Waals surface area contributed by atoms with Gasteiger partial charge in [0.15, 0.2) is 5.16 Å². The van der Waals surface area contributed by atoms with E-state index >= 15 is 0 Å². The zero-order chi connectivity index (χ0) is 20.2. The van der Waals surface area contributed by atoms with Crippen LogP contribution in [-0.2, 0) is 11.2 Å². The van der Waals surface area contributed by atoms with Crippen LogP contribution in [0.15, 0.2) is 53.0 Å². The van der Waals surface area contributed by atoms with Crippen LogP contribution < -0.4 is 10.6 Å². The molecule has 2 N–H and O–H groups in total. The zero-order valence-electron chi connectivity index (χ0n) is 15.9. The van der Waals surface area contributed by atoms with Crippen molar-refractivity contribution in [2.45, 2.75) is 42.6 Å². The topological polar surface area (TPSA) is 88.9 Å². The predicted molar refractivity (Wildman–Crippen MR) is 113 cm³/mol.